The number of hydrogen-bond donors (Lipinski definition) is 0. The standard InChI is InChI=1S/C9H12/c1-6-4-7-5-9(7)3-2-8(6)9/h2-3,6-8H,4-5H2,1H3. The zero-order valence-corrected chi connectivity index (χ0v) is 5.80. The quantitative estimate of drug-likeness (QED) is 0.430. The second-order valence-electron chi connectivity index (χ2n) is 4.11. The summed E-state index contributed by atoms with van der Waals surface area (Å²) in [6.45, 7) is 2.40. The minimum atomic E-state index is 0.791. The van der Waals surface area contributed by atoms with Crippen molar-refractivity contribution < 1.29 is 0 Å². The molecule has 0 bridgehead atoms. The first-order valence-electron chi connectivity index (χ1n) is 4.02. The summed E-state index contributed by atoms with van der Waals surface area (Å²) in [6.07, 6.45) is 7.93. The molecule has 4 atom stereocenters. The van der Waals surface area contributed by atoms with Gasteiger partial charge in [-0.1, -0.05) is 19.1 Å². The third-order valence-electron chi connectivity index (χ3n) is 3.70. The topological polar surface area (TPSA) is 0 Å². The van der Waals surface area contributed by atoms with E-state index in [2.05, 4.69) is 19.1 Å². The Balaban J connectivity index is 2.06. The summed E-state index contributed by atoms with van der Waals surface area (Å²) in [5.74, 6) is 3.12. The lowest BCUT2D eigenvalue weighted by Gasteiger charge is -2.29. The fraction of sp³-hybridized carbons (Fsp3) is 0.778. The van der Waals surface area contributed by atoms with E-state index in [0.717, 1.165) is 23.2 Å². The van der Waals surface area contributed by atoms with E-state index in [1.54, 1.807) is 0 Å². The van der Waals surface area contributed by atoms with Gasteiger partial charge < -0.3 is 0 Å². The molecule has 2 fully saturated rings. The molecule has 3 aliphatic rings. The minimum Gasteiger partial charge on any atom is -0.0837 e. The van der Waals surface area contributed by atoms with Crippen molar-refractivity contribution in [3.63, 3.8) is 0 Å². The van der Waals surface area contributed by atoms with E-state index in [4.69, 9.17) is 0 Å². The molecule has 0 aromatic carbocycles. The molecular weight excluding hydrogens is 108 g/mol. The molecule has 3 rings (SSSR count). The van der Waals surface area contributed by atoms with Gasteiger partial charge in [0, 0.05) is 0 Å². The van der Waals surface area contributed by atoms with Gasteiger partial charge in [0.25, 0.3) is 0 Å². The van der Waals surface area contributed by atoms with Gasteiger partial charge in [-0.05, 0) is 36.0 Å². The van der Waals surface area contributed by atoms with Gasteiger partial charge in [0.2, 0.25) is 0 Å². The van der Waals surface area contributed by atoms with E-state index >= 15 is 0 Å². The first kappa shape index (κ1) is 4.54. The van der Waals surface area contributed by atoms with Crippen molar-refractivity contribution >= 4 is 0 Å². The van der Waals surface area contributed by atoms with E-state index in [0.29, 0.717) is 0 Å². The van der Waals surface area contributed by atoms with Crippen LogP contribution in [0, 0.1) is 23.2 Å². The van der Waals surface area contributed by atoms with Gasteiger partial charge in [-0.3, -0.25) is 0 Å². The highest BCUT2D eigenvalue weighted by molar-refractivity contribution is 5.33. The average molecular weight is 120 g/mol. The molecule has 0 radical (unpaired) electrons. The van der Waals surface area contributed by atoms with E-state index in [1.165, 1.54) is 12.8 Å². The van der Waals surface area contributed by atoms with Crippen LogP contribution >= 0.6 is 0 Å². The zero-order valence-electron chi connectivity index (χ0n) is 5.80. The Hall–Kier alpha value is -0.260. The Kier molecular flexibility index (Phi) is 0.505. The number of hydrogen-bond acceptors (Lipinski definition) is 0. The summed E-state index contributed by atoms with van der Waals surface area (Å²) < 4.78 is 0. The largest absolute Gasteiger partial charge is 0.0837 e. The molecule has 0 amide bonds. The molecule has 0 aliphatic heterocycles. The first-order chi connectivity index (χ1) is 4.33. The summed E-state index contributed by atoms with van der Waals surface area (Å²) in [7, 11) is 0. The number of rotatable bonds is 0. The molecule has 3 aliphatic carbocycles. The van der Waals surface area contributed by atoms with Crippen LogP contribution in [0.2, 0.25) is 0 Å². The van der Waals surface area contributed by atoms with E-state index in [-0.39, 0.29) is 0 Å². The van der Waals surface area contributed by atoms with Crippen molar-refractivity contribution in [3.05, 3.63) is 12.2 Å². The molecule has 9 heavy (non-hydrogen) atoms. The molecule has 2 saturated carbocycles. The minimum absolute atomic E-state index is 0.791. The van der Waals surface area contributed by atoms with Crippen molar-refractivity contribution in [2.24, 2.45) is 23.2 Å². The van der Waals surface area contributed by atoms with Gasteiger partial charge in [0.05, 0.1) is 0 Å². The molecule has 48 valence electrons. The van der Waals surface area contributed by atoms with Gasteiger partial charge in [-0.25, -0.2) is 0 Å². The Morgan fingerprint density at radius 2 is 2.44 bits per heavy atom. The SMILES string of the molecule is CC1CC2CC23C=CC13. The lowest BCUT2D eigenvalue weighted by Crippen LogP contribution is -2.21. The Labute approximate surface area is 56.0 Å². The van der Waals surface area contributed by atoms with E-state index < -0.39 is 0 Å². The molecule has 0 saturated heterocycles. The third kappa shape index (κ3) is 0.309. The van der Waals surface area contributed by atoms with Crippen molar-refractivity contribution in [3.8, 4) is 0 Å². The van der Waals surface area contributed by atoms with Crippen molar-refractivity contribution in [2.75, 3.05) is 0 Å². The van der Waals surface area contributed by atoms with Gasteiger partial charge >= 0.3 is 0 Å². The van der Waals surface area contributed by atoms with Crippen molar-refractivity contribution in [1.82, 2.24) is 0 Å². The summed E-state index contributed by atoms with van der Waals surface area (Å²) in [5.41, 5.74) is 0.791. The van der Waals surface area contributed by atoms with Gasteiger partial charge in [-0.15, -0.1) is 0 Å². The average Bonchev–Trinajstić information content (AvgIpc) is 2.35. The van der Waals surface area contributed by atoms with Crippen LogP contribution in [0.25, 0.3) is 0 Å². The summed E-state index contributed by atoms with van der Waals surface area (Å²) in [4.78, 5) is 0. The maximum atomic E-state index is 2.46. The molecular formula is C9H12. The van der Waals surface area contributed by atoms with E-state index in [9.17, 15) is 0 Å². The summed E-state index contributed by atoms with van der Waals surface area (Å²) in [6, 6.07) is 0. The van der Waals surface area contributed by atoms with Crippen LogP contribution in [0.5, 0.6) is 0 Å². The van der Waals surface area contributed by atoms with Crippen LogP contribution < -0.4 is 0 Å². The normalized spacial score (nSPS) is 66.6. The number of allylic oxidation sites excluding steroid dienone is 2. The molecule has 1 spiro atoms. The van der Waals surface area contributed by atoms with Crippen LogP contribution in [0.1, 0.15) is 19.8 Å². The summed E-state index contributed by atoms with van der Waals surface area (Å²) in [5, 5.41) is 0. The van der Waals surface area contributed by atoms with E-state index in [1.807, 2.05) is 0 Å². The molecule has 4 unspecified atom stereocenters. The highest BCUT2D eigenvalue weighted by Gasteiger charge is 2.66. The van der Waals surface area contributed by atoms with Crippen LogP contribution in [0.15, 0.2) is 12.2 Å². The highest BCUT2D eigenvalue weighted by Crippen LogP contribution is 2.73. The van der Waals surface area contributed by atoms with Crippen LogP contribution in [0.4, 0.5) is 0 Å². The zero-order chi connectivity index (χ0) is 6.06. The maximum Gasteiger partial charge on any atom is -0.00213 e. The van der Waals surface area contributed by atoms with Gasteiger partial charge in [0.1, 0.15) is 0 Å². The lowest BCUT2D eigenvalue weighted by molar-refractivity contribution is 0.346. The Morgan fingerprint density at radius 3 is 2.78 bits per heavy atom. The summed E-state index contributed by atoms with van der Waals surface area (Å²) >= 11 is 0. The van der Waals surface area contributed by atoms with Crippen LogP contribution in [-0.4, -0.2) is 0 Å². The lowest BCUT2D eigenvalue weighted by atomic mass is 9.76. The second kappa shape index (κ2) is 1.00. The Bertz CT molecular complexity index is 192. The molecule has 0 aromatic heterocycles. The van der Waals surface area contributed by atoms with Crippen molar-refractivity contribution in [1.29, 1.82) is 0 Å². The predicted molar refractivity (Wildman–Crippen MR) is 37.0 cm³/mol. The molecule has 0 nitrogen and oxygen atoms in total. The fourth-order valence-corrected chi connectivity index (χ4v) is 3.05. The first-order valence-corrected chi connectivity index (χ1v) is 4.02. The third-order valence-corrected chi connectivity index (χ3v) is 3.70. The monoisotopic (exact) mass is 120 g/mol. The maximum absolute atomic E-state index is 2.46. The predicted octanol–water partition coefficient (Wildman–Crippen LogP) is 2.22. The highest BCUT2D eigenvalue weighted by atomic mass is 14.7. The van der Waals surface area contributed by atoms with Gasteiger partial charge in [0.15, 0.2) is 0 Å². The van der Waals surface area contributed by atoms with Crippen LogP contribution in [0.3, 0.4) is 0 Å². The fourth-order valence-electron chi connectivity index (χ4n) is 3.05. The molecule has 0 N–H and O–H groups in total. The van der Waals surface area contributed by atoms with Crippen molar-refractivity contribution in [2.45, 2.75) is 19.8 Å². The Morgan fingerprint density at radius 1 is 1.56 bits per heavy atom. The van der Waals surface area contributed by atoms with Gasteiger partial charge in [-0.2, -0.15) is 0 Å². The molecule has 0 heterocycles. The van der Waals surface area contributed by atoms with Crippen LogP contribution in [-0.2, 0) is 0 Å². The smallest absolute Gasteiger partial charge is 0.00213 e. The molecule has 0 aromatic rings. The second-order valence-corrected chi connectivity index (χ2v) is 4.11. The molecule has 0 heteroatoms.